The zero-order valence-corrected chi connectivity index (χ0v) is 16.4. The summed E-state index contributed by atoms with van der Waals surface area (Å²) < 4.78 is 0. The van der Waals surface area contributed by atoms with E-state index < -0.39 is 18.1 Å². The van der Waals surface area contributed by atoms with Gasteiger partial charge in [0.25, 0.3) is 0 Å². The van der Waals surface area contributed by atoms with Crippen LogP contribution in [0.1, 0.15) is 51.0 Å². The summed E-state index contributed by atoms with van der Waals surface area (Å²) in [6, 6.07) is 8.12. The van der Waals surface area contributed by atoms with Crippen LogP contribution >= 0.6 is 0 Å². The molecule has 2 fully saturated rings. The van der Waals surface area contributed by atoms with Crippen molar-refractivity contribution in [2.45, 2.75) is 76.2 Å². The molecule has 0 aromatic heterocycles. The maximum Gasteiger partial charge on any atom is 0.246 e. The molecule has 4 atom stereocenters. The monoisotopic (exact) mass is 386 g/mol. The first-order valence-corrected chi connectivity index (χ1v) is 10.2. The molecule has 28 heavy (non-hydrogen) atoms. The van der Waals surface area contributed by atoms with Crippen LogP contribution in [0.3, 0.4) is 0 Å². The Labute approximate surface area is 166 Å². The summed E-state index contributed by atoms with van der Waals surface area (Å²) in [7, 11) is 0. The van der Waals surface area contributed by atoms with Crippen molar-refractivity contribution >= 4 is 17.7 Å². The molecule has 0 unspecified atom stereocenters. The molecule has 0 spiro atoms. The first-order chi connectivity index (χ1) is 13.5. The van der Waals surface area contributed by atoms with Gasteiger partial charge in [0.1, 0.15) is 12.1 Å². The highest BCUT2D eigenvalue weighted by atomic mass is 16.2. The zero-order chi connectivity index (χ0) is 20.1. The van der Waals surface area contributed by atoms with Crippen molar-refractivity contribution in [1.29, 1.82) is 0 Å². The molecule has 2 saturated heterocycles. The average molecular weight is 386 g/mol. The fraction of sp³-hybridized carbons (Fsp3) is 0.571. The van der Waals surface area contributed by atoms with Crippen molar-refractivity contribution in [3.8, 4) is 0 Å². The maximum atomic E-state index is 13.0. The van der Waals surface area contributed by atoms with Gasteiger partial charge < -0.3 is 21.3 Å². The second-order valence-electron chi connectivity index (χ2n) is 7.73. The third-order valence-corrected chi connectivity index (χ3v) is 5.71. The Kier molecular flexibility index (Phi) is 6.67. The molecule has 0 aliphatic carbocycles. The number of carbonyl (C=O) groups is 3. The van der Waals surface area contributed by atoms with Gasteiger partial charge in [-0.05, 0) is 37.7 Å². The van der Waals surface area contributed by atoms with Gasteiger partial charge in [-0.2, -0.15) is 0 Å². The molecule has 3 rings (SSSR count). The molecular weight excluding hydrogens is 356 g/mol. The number of hydrogen-bond donors (Lipinski definition) is 3. The van der Waals surface area contributed by atoms with Crippen molar-refractivity contribution in [2.24, 2.45) is 5.73 Å². The smallest absolute Gasteiger partial charge is 0.246 e. The van der Waals surface area contributed by atoms with Crippen molar-refractivity contribution < 1.29 is 14.4 Å². The Morgan fingerprint density at radius 1 is 1.18 bits per heavy atom. The van der Waals surface area contributed by atoms with Gasteiger partial charge in [-0.1, -0.05) is 43.7 Å². The number of benzene rings is 1. The Bertz CT molecular complexity index is 709. The number of nitrogens with zero attached hydrogens (tertiary/aromatic N) is 1. The molecule has 2 aliphatic heterocycles. The van der Waals surface area contributed by atoms with Crippen LogP contribution in [0.4, 0.5) is 0 Å². The summed E-state index contributed by atoms with van der Waals surface area (Å²) in [6.07, 6.45) is 4.28. The van der Waals surface area contributed by atoms with Crippen LogP contribution in [-0.4, -0.2) is 46.8 Å². The van der Waals surface area contributed by atoms with E-state index in [1.54, 1.807) is 4.90 Å². The molecule has 1 aromatic rings. The van der Waals surface area contributed by atoms with Gasteiger partial charge in [0.2, 0.25) is 17.7 Å². The third-order valence-electron chi connectivity index (χ3n) is 5.71. The molecule has 2 heterocycles. The summed E-state index contributed by atoms with van der Waals surface area (Å²) in [5, 5.41) is 5.74. The van der Waals surface area contributed by atoms with Gasteiger partial charge in [-0.25, -0.2) is 0 Å². The van der Waals surface area contributed by atoms with Crippen molar-refractivity contribution in [3.63, 3.8) is 0 Å². The number of piperidine rings is 1. The van der Waals surface area contributed by atoms with Crippen molar-refractivity contribution in [3.05, 3.63) is 35.9 Å². The van der Waals surface area contributed by atoms with E-state index in [0.717, 1.165) is 24.8 Å². The van der Waals surface area contributed by atoms with Crippen molar-refractivity contribution in [1.82, 2.24) is 15.5 Å². The third kappa shape index (κ3) is 4.52. The van der Waals surface area contributed by atoms with Gasteiger partial charge in [0, 0.05) is 12.6 Å². The maximum absolute atomic E-state index is 13.0. The molecule has 152 valence electrons. The number of nitrogens with two attached hydrogens (primary N) is 1. The van der Waals surface area contributed by atoms with Crippen LogP contribution in [0, 0.1) is 0 Å². The molecule has 7 nitrogen and oxygen atoms in total. The number of hydrogen-bond acceptors (Lipinski definition) is 4. The molecular formula is C21H30N4O3. The number of rotatable bonds is 7. The summed E-state index contributed by atoms with van der Waals surface area (Å²) in [5.41, 5.74) is 6.89. The number of amides is 3. The molecule has 1 aromatic carbocycles. The molecule has 0 bridgehead atoms. The number of carbonyl (C=O) groups excluding carboxylic acids is 3. The zero-order valence-electron chi connectivity index (χ0n) is 16.4. The minimum Gasteiger partial charge on any atom is -0.350 e. The summed E-state index contributed by atoms with van der Waals surface area (Å²) in [4.78, 5) is 39.7. The highest BCUT2D eigenvalue weighted by Crippen LogP contribution is 2.32. The molecule has 4 N–H and O–H groups in total. The van der Waals surface area contributed by atoms with Crippen LogP contribution in [0.5, 0.6) is 0 Å². The van der Waals surface area contributed by atoms with E-state index in [0.29, 0.717) is 25.8 Å². The average Bonchev–Trinajstić information content (AvgIpc) is 3.14. The van der Waals surface area contributed by atoms with Crippen LogP contribution < -0.4 is 16.4 Å². The van der Waals surface area contributed by atoms with Gasteiger partial charge in [-0.15, -0.1) is 0 Å². The van der Waals surface area contributed by atoms with Crippen LogP contribution in [-0.2, 0) is 20.9 Å². The Morgan fingerprint density at radius 3 is 2.61 bits per heavy atom. The standard InChI is InChI=1S/C21H30N4O3/c1-2-6-16(22)19(26)24-17-11-9-15-10-12-18(25(15)21(17)28)20(27)23-13-14-7-4-3-5-8-14/h3-5,7-8,15-18H,2,6,9-13,22H2,1H3,(H,23,27)(H,24,26)/t15-,16+,17+,18+/m1/s1. The van der Waals surface area contributed by atoms with Crippen molar-refractivity contribution in [2.75, 3.05) is 0 Å². The van der Waals surface area contributed by atoms with E-state index in [4.69, 9.17) is 5.73 Å². The quantitative estimate of drug-likeness (QED) is 0.652. The van der Waals surface area contributed by atoms with E-state index in [1.807, 2.05) is 37.3 Å². The lowest BCUT2D eigenvalue weighted by Crippen LogP contribution is -2.60. The summed E-state index contributed by atoms with van der Waals surface area (Å²) in [6.45, 7) is 2.40. The van der Waals surface area contributed by atoms with E-state index in [1.165, 1.54) is 0 Å². The van der Waals surface area contributed by atoms with Crippen LogP contribution in [0.15, 0.2) is 30.3 Å². The lowest BCUT2D eigenvalue weighted by Gasteiger charge is -2.38. The topological polar surface area (TPSA) is 105 Å². The predicted octanol–water partition coefficient (Wildman–Crippen LogP) is 1.07. The highest BCUT2D eigenvalue weighted by molar-refractivity contribution is 5.94. The predicted molar refractivity (Wildman–Crippen MR) is 106 cm³/mol. The minimum atomic E-state index is -0.598. The normalized spacial score (nSPS) is 25.1. The summed E-state index contributed by atoms with van der Waals surface area (Å²) >= 11 is 0. The fourth-order valence-corrected chi connectivity index (χ4v) is 4.18. The fourth-order valence-electron chi connectivity index (χ4n) is 4.18. The molecule has 0 saturated carbocycles. The van der Waals surface area contributed by atoms with E-state index in [2.05, 4.69) is 10.6 Å². The minimum absolute atomic E-state index is 0.0810. The Morgan fingerprint density at radius 2 is 1.89 bits per heavy atom. The first kappa shape index (κ1) is 20.3. The lowest BCUT2D eigenvalue weighted by atomic mass is 9.97. The van der Waals surface area contributed by atoms with Gasteiger partial charge in [-0.3, -0.25) is 14.4 Å². The number of nitrogens with one attached hydrogen (secondary N) is 2. The van der Waals surface area contributed by atoms with Gasteiger partial charge in [0.05, 0.1) is 6.04 Å². The molecule has 2 aliphatic rings. The second kappa shape index (κ2) is 9.19. The van der Waals surface area contributed by atoms with E-state index in [-0.39, 0.29) is 23.8 Å². The van der Waals surface area contributed by atoms with E-state index in [9.17, 15) is 14.4 Å². The molecule has 7 heteroatoms. The van der Waals surface area contributed by atoms with Gasteiger partial charge in [0.15, 0.2) is 0 Å². The second-order valence-corrected chi connectivity index (χ2v) is 7.73. The highest BCUT2D eigenvalue weighted by Gasteiger charge is 2.46. The van der Waals surface area contributed by atoms with E-state index >= 15 is 0 Å². The number of fused-ring (bicyclic) bond motifs is 1. The lowest BCUT2D eigenvalue weighted by molar-refractivity contribution is -0.146. The van der Waals surface area contributed by atoms with Crippen LogP contribution in [0.25, 0.3) is 0 Å². The first-order valence-electron chi connectivity index (χ1n) is 10.2. The largest absolute Gasteiger partial charge is 0.350 e. The van der Waals surface area contributed by atoms with Gasteiger partial charge >= 0.3 is 0 Å². The molecule has 3 amide bonds. The summed E-state index contributed by atoms with van der Waals surface area (Å²) in [5.74, 6) is -0.581. The SMILES string of the molecule is CCC[C@H](N)C(=O)N[C@H]1CC[C@@H]2CC[C@@H](C(=O)NCc3ccccc3)N2C1=O. The molecule has 0 radical (unpaired) electrons. The Hall–Kier alpha value is -2.41. The van der Waals surface area contributed by atoms with Crippen LogP contribution in [0.2, 0.25) is 0 Å². The Balaban J connectivity index is 1.60.